The van der Waals surface area contributed by atoms with Gasteiger partial charge in [-0.2, -0.15) is 0 Å². The van der Waals surface area contributed by atoms with Crippen LogP contribution in [-0.2, 0) is 0 Å². The second-order valence-corrected chi connectivity index (χ2v) is 22.5. The maximum absolute atomic E-state index is 4.58. The van der Waals surface area contributed by atoms with Crippen molar-refractivity contribution in [2.45, 2.75) is 79.1 Å². The van der Waals surface area contributed by atoms with Crippen LogP contribution in [0, 0.1) is 0 Å². The summed E-state index contributed by atoms with van der Waals surface area (Å²) in [4.78, 5) is 0. The zero-order valence-electron chi connectivity index (χ0n) is 32.9. The molecule has 0 radical (unpaired) electrons. The van der Waals surface area contributed by atoms with Gasteiger partial charge in [0.1, 0.15) is 21.2 Å². The molecule has 53 heavy (non-hydrogen) atoms. The Kier molecular flexibility index (Phi) is 12.2. The van der Waals surface area contributed by atoms with Crippen molar-refractivity contribution in [3.63, 3.8) is 0 Å². The molecule has 0 heterocycles. The third-order valence-corrected chi connectivity index (χ3v) is 19.9. The lowest BCUT2D eigenvalue weighted by atomic mass is 9.93. The molecular weight excluding hydrogens is 679 g/mol. The van der Waals surface area contributed by atoms with Crippen LogP contribution in [0.4, 0.5) is 11.4 Å². The van der Waals surface area contributed by atoms with Crippen molar-refractivity contribution in [1.82, 2.24) is 0 Å². The Balaban J connectivity index is 1.77. The van der Waals surface area contributed by atoms with Gasteiger partial charge in [0.15, 0.2) is 0 Å². The zero-order valence-corrected chi connectivity index (χ0v) is 34.7. The van der Waals surface area contributed by atoms with Crippen molar-refractivity contribution in [2.24, 2.45) is 0 Å². The standard InChI is InChI=1S/C49H58N2P2/c1-36(2)44-31-21-32-45(37(3)4)48(44)50-52(40-23-13-9-14-24-40,41-25-15-10-16-26-41)35-53(42-27-17-11-18-28-42,43-29-19-12-20-30-43)51-49-46(38(5)6)33-22-34-47(49)39(7)8/h9-34,36-39,50-51H,35H2,1-8H3/q+2. The summed E-state index contributed by atoms with van der Waals surface area (Å²) in [5.74, 6) is 2.33. The molecule has 6 aromatic rings. The average Bonchev–Trinajstić information content (AvgIpc) is 3.18. The molecule has 0 spiro atoms. The summed E-state index contributed by atoms with van der Waals surface area (Å²) in [6, 6.07) is 59.4. The molecule has 272 valence electrons. The summed E-state index contributed by atoms with van der Waals surface area (Å²) < 4.78 is 0. The van der Waals surface area contributed by atoms with E-state index in [0.717, 1.165) is 5.90 Å². The van der Waals surface area contributed by atoms with Crippen LogP contribution in [0.3, 0.4) is 0 Å². The van der Waals surface area contributed by atoms with Crippen LogP contribution in [-0.4, -0.2) is 5.90 Å². The first-order valence-electron chi connectivity index (χ1n) is 19.4. The molecule has 0 unspecified atom stereocenters. The van der Waals surface area contributed by atoms with E-state index in [1.54, 1.807) is 0 Å². The van der Waals surface area contributed by atoms with Crippen molar-refractivity contribution in [1.29, 1.82) is 0 Å². The minimum atomic E-state index is -2.49. The molecule has 0 bridgehead atoms. The normalized spacial score (nSPS) is 12.2. The third-order valence-electron chi connectivity index (χ3n) is 10.6. The van der Waals surface area contributed by atoms with Crippen LogP contribution in [0.2, 0.25) is 0 Å². The van der Waals surface area contributed by atoms with E-state index in [9.17, 15) is 0 Å². The number of rotatable bonds is 14. The van der Waals surface area contributed by atoms with Crippen LogP contribution in [0.25, 0.3) is 0 Å². The van der Waals surface area contributed by atoms with Crippen LogP contribution in [0.5, 0.6) is 0 Å². The lowest BCUT2D eigenvalue weighted by molar-refractivity contribution is 0.839. The molecule has 0 aliphatic carbocycles. The minimum Gasteiger partial charge on any atom is -0.248 e. The fourth-order valence-corrected chi connectivity index (χ4v) is 18.6. The van der Waals surface area contributed by atoms with Gasteiger partial charge in [-0.15, -0.1) is 0 Å². The van der Waals surface area contributed by atoms with Gasteiger partial charge >= 0.3 is 0 Å². The van der Waals surface area contributed by atoms with Crippen LogP contribution >= 0.6 is 14.8 Å². The van der Waals surface area contributed by atoms with Gasteiger partial charge in [-0.1, -0.05) is 165 Å². The molecule has 0 saturated heterocycles. The summed E-state index contributed by atoms with van der Waals surface area (Å²) >= 11 is 0. The van der Waals surface area contributed by atoms with E-state index in [1.165, 1.54) is 54.8 Å². The molecule has 0 aromatic heterocycles. The number of hydrogen-bond donors (Lipinski definition) is 2. The predicted octanol–water partition coefficient (Wildman–Crippen LogP) is 12.8. The van der Waals surface area contributed by atoms with Gasteiger partial charge in [0.2, 0.25) is 20.7 Å². The van der Waals surface area contributed by atoms with Crippen LogP contribution < -0.4 is 31.4 Å². The second kappa shape index (κ2) is 16.8. The van der Waals surface area contributed by atoms with Gasteiger partial charge in [0.05, 0.1) is 11.4 Å². The number of para-hydroxylation sites is 2. The van der Waals surface area contributed by atoms with Gasteiger partial charge in [-0.3, -0.25) is 0 Å². The lowest BCUT2D eigenvalue weighted by Crippen LogP contribution is -2.39. The summed E-state index contributed by atoms with van der Waals surface area (Å²) in [6.45, 7) is 18.7. The number of anilines is 2. The Morgan fingerprint density at radius 3 is 0.755 bits per heavy atom. The highest BCUT2D eigenvalue weighted by Gasteiger charge is 2.59. The molecule has 6 rings (SSSR count). The molecular formula is C49H58N2P2+2. The fraction of sp³-hybridized carbons (Fsp3) is 0.265. The smallest absolute Gasteiger partial charge is 0.218 e. The molecule has 0 amide bonds. The fourth-order valence-electron chi connectivity index (χ4n) is 7.74. The highest BCUT2D eigenvalue weighted by atomic mass is 31.2. The quantitative estimate of drug-likeness (QED) is 0.109. The monoisotopic (exact) mass is 736 g/mol. The Bertz CT molecular complexity index is 1770. The predicted molar refractivity (Wildman–Crippen MR) is 239 cm³/mol. The van der Waals surface area contributed by atoms with Gasteiger partial charge in [-0.05, 0) is 94.5 Å². The first kappa shape index (κ1) is 38.5. The largest absolute Gasteiger partial charge is 0.248 e. The van der Waals surface area contributed by atoms with Gasteiger partial charge < -0.3 is 0 Å². The highest BCUT2D eigenvalue weighted by molar-refractivity contribution is 8.05. The summed E-state index contributed by atoms with van der Waals surface area (Å²) in [5, 5.41) is 14.6. The maximum atomic E-state index is 4.58. The zero-order chi connectivity index (χ0) is 37.6. The first-order chi connectivity index (χ1) is 25.6. The van der Waals surface area contributed by atoms with Crippen LogP contribution in [0.15, 0.2) is 158 Å². The van der Waals surface area contributed by atoms with Crippen molar-refractivity contribution in [2.75, 3.05) is 16.1 Å². The third kappa shape index (κ3) is 8.01. The topological polar surface area (TPSA) is 24.1 Å². The van der Waals surface area contributed by atoms with E-state index in [4.69, 9.17) is 0 Å². The van der Waals surface area contributed by atoms with Crippen molar-refractivity contribution in [3.8, 4) is 0 Å². The van der Waals surface area contributed by atoms with Crippen molar-refractivity contribution >= 4 is 47.4 Å². The Labute approximate surface area is 321 Å². The molecule has 0 fully saturated rings. The molecule has 4 heteroatoms. The molecule has 0 aliphatic rings. The molecule has 6 aromatic carbocycles. The maximum Gasteiger partial charge on any atom is 0.218 e. The Morgan fingerprint density at radius 2 is 0.547 bits per heavy atom. The highest BCUT2D eigenvalue weighted by Crippen LogP contribution is 2.72. The van der Waals surface area contributed by atoms with Crippen molar-refractivity contribution < 1.29 is 0 Å². The van der Waals surface area contributed by atoms with E-state index in [2.05, 4.69) is 223 Å². The van der Waals surface area contributed by atoms with Gasteiger partial charge in [0, 0.05) is 0 Å². The molecule has 2 nitrogen and oxygen atoms in total. The molecule has 0 atom stereocenters. The number of nitrogens with one attached hydrogen (secondary N) is 2. The van der Waals surface area contributed by atoms with E-state index in [-0.39, 0.29) is 0 Å². The van der Waals surface area contributed by atoms with E-state index < -0.39 is 14.8 Å². The summed E-state index contributed by atoms with van der Waals surface area (Å²) in [5.41, 5.74) is 8.07. The summed E-state index contributed by atoms with van der Waals surface area (Å²) in [6.07, 6.45) is 0. The van der Waals surface area contributed by atoms with Crippen molar-refractivity contribution in [3.05, 3.63) is 180 Å². The summed E-state index contributed by atoms with van der Waals surface area (Å²) in [7, 11) is -4.97. The van der Waals surface area contributed by atoms with E-state index >= 15 is 0 Å². The number of hydrogen-bond acceptors (Lipinski definition) is 2. The Hall–Kier alpha value is -4.22. The van der Waals surface area contributed by atoms with Gasteiger partial charge in [-0.25, -0.2) is 10.2 Å². The van der Waals surface area contributed by atoms with E-state index in [1.807, 2.05) is 0 Å². The molecule has 0 aliphatic heterocycles. The number of benzene rings is 6. The molecule has 2 N–H and O–H groups in total. The lowest BCUT2D eigenvalue weighted by Gasteiger charge is -2.37. The SMILES string of the molecule is CC(C)c1cccc(C(C)C)c1N[P+](C[P+](Nc1c(C(C)C)cccc1C(C)C)(c1ccccc1)c1ccccc1)(c1ccccc1)c1ccccc1. The molecule has 0 saturated carbocycles. The van der Waals surface area contributed by atoms with Crippen LogP contribution in [0.1, 0.15) is 101 Å². The van der Waals surface area contributed by atoms with Gasteiger partial charge in [0.25, 0.3) is 0 Å². The Morgan fingerprint density at radius 1 is 0.321 bits per heavy atom. The van der Waals surface area contributed by atoms with E-state index in [0.29, 0.717) is 23.7 Å². The minimum absolute atomic E-state index is 0.358. The average molecular weight is 737 g/mol. The first-order valence-corrected chi connectivity index (χ1v) is 23.3. The second-order valence-electron chi connectivity index (χ2n) is 15.6.